The topological polar surface area (TPSA) is 90.7 Å². The predicted octanol–water partition coefficient (Wildman–Crippen LogP) is -0.290. The van der Waals surface area contributed by atoms with E-state index in [1.807, 2.05) is 20.8 Å². The fourth-order valence-corrected chi connectivity index (χ4v) is 0.994. The largest absolute Gasteiger partial charge is 0.462 e. The third-order valence-corrected chi connectivity index (χ3v) is 2.14. The van der Waals surface area contributed by atoms with Gasteiger partial charge in [-0.2, -0.15) is 0 Å². The predicted molar refractivity (Wildman–Crippen MR) is 68.2 cm³/mol. The molecule has 0 aromatic carbocycles. The van der Waals surface area contributed by atoms with Gasteiger partial charge in [0.25, 0.3) is 0 Å². The van der Waals surface area contributed by atoms with Gasteiger partial charge >= 0.3 is 5.97 Å². The summed E-state index contributed by atoms with van der Waals surface area (Å²) in [7, 11) is 0. The van der Waals surface area contributed by atoms with Crippen molar-refractivity contribution in [2.24, 2.45) is 11.1 Å². The maximum absolute atomic E-state index is 11.5. The molecular formula is C12H24N2O4. The average Bonchev–Trinajstić information content (AvgIpc) is 2.27. The zero-order valence-corrected chi connectivity index (χ0v) is 11.5. The second kappa shape index (κ2) is 9.02. The molecule has 0 heterocycles. The van der Waals surface area contributed by atoms with Crippen molar-refractivity contribution in [3.05, 3.63) is 0 Å². The Morgan fingerprint density at radius 1 is 1.11 bits per heavy atom. The second-order valence-corrected chi connectivity index (χ2v) is 4.90. The van der Waals surface area contributed by atoms with Gasteiger partial charge in [-0.1, -0.05) is 20.8 Å². The molecule has 0 rings (SSSR count). The third-order valence-electron chi connectivity index (χ3n) is 2.14. The van der Waals surface area contributed by atoms with Crippen molar-refractivity contribution in [3.63, 3.8) is 0 Å². The monoisotopic (exact) mass is 260 g/mol. The van der Waals surface area contributed by atoms with Crippen LogP contribution < -0.4 is 11.1 Å². The molecule has 0 aromatic rings. The maximum atomic E-state index is 11.5. The minimum Gasteiger partial charge on any atom is -0.462 e. The van der Waals surface area contributed by atoms with Gasteiger partial charge in [0, 0.05) is 12.0 Å². The van der Waals surface area contributed by atoms with E-state index in [0.717, 1.165) is 0 Å². The molecule has 18 heavy (non-hydrogen) atoms. The second-order valence-electron chi connectivity index (χ2n) is 4.90. The normalized spacial score (nSPS) is 11.3. The molecule has 0 aliphatic carbocycles. The molecule has 0 radical (unpaired) electrons. The molecule has 0 aliphatic rings. The fourth-order valence-electron chi connectivity index (χ4n) is 0.994. The number of Topliss-reactive ketones (excluding diaryl/α,β-unsaturated/α-hetero) is 1. The van der Waals surface area contributed by atoms with Gasteiger partial charge in [0.1, 0.15) is 6.61 Å². The van der Waals surface area contributed by atoms with Gasteiger partial charge in [0.15, 0.2) is 5.78 Å². The Balaban J connectivity index is 3.51. The highest BCUT2D eigenvalue weighted by atomic mass is 16.6. The van der Waals surface area contributed by atoms with E-state index in [1.54, 1.807) is 0 Å². The number of carbonyl (C=O) groups excluding carboxylic acids is 2. The summed E-state index contributed by atoms with van der Waals surface area (Å²) < 4.78 is 9.92. The lowest BCUT2D eigenvalue weighted by Gasteiger charge is -2.16. The molecule has 106 valence electrons. The molecule has 0 saturated heterocycles. The number of hydrogen-bond donors (Lipinski definition) is 2. The molecule has 0 aliphatic heterocycles. The van der Waals surface area contributed by atoms with E-state index in [-0.39, 0.29) is 25.5 Å². The number of hydrogen-bond acceptors (Lipinski definition) is 6. The molecule has 6 nitrogen and oxygen atoms in total. The van der Waals surface area contributed by atoms with Crippen LogP contribution >= 0.6 is 0 Å². The molecule has 0 aromatic heterocycles. The zero-order valence-electron chi connectivity index (χ0n) is 11.5. The highest BCUT2D eigenvalue weighted by molar-refractivity contribution is 5.86. The Morgan fingerprint density at radius 2 is 1.78 bits per heavy atom. The van der Waals surface area contributed by atoms with Crippen LogP contribution in [0.15, 0.2) is 0 Å². The third kappa shape index (κ3) is 9.09. The van der Waals surface area contributed by atoms with Gasteiger partial charge in [-0.15, -0.1) is 0 Å². The van der Waals surface area contributed by atoms with Crippen molar-refractivity contribution in [1.29, 1.82) is 0 Å². The maximum Gasteiger partial charge on any atom is 0.320 e. The average molecular weight is 260 g/mol. The molecule has 0 fully saturated rings. The summed E-state index contributed by atoms with van der Waals surface area (Å²) in [5, 5.41) is 2.76. The van der Waals surface area contributed by atoms with E-state index in [1.165, 1.54) is 0 Å². The van der Waals surface area contributed by atoms with Gasteiger partial charge in [-0.25, -0.2) is 0 Å². The molecule has 0 amide bonds. The van der Waals surface area contributed by atoms with Crippen LogP contribution in [0.4, 0.5) is 0 Å². The molecule has 3 N–H and O–H groups in total. The van der Waals surface area contributed by atoms with Gasteiger partial charge in [0.05, 0.1) is 26.3 Å². The lowest BCUT2D eigenvalue weighted by Crippen LogP contribution is -2.35. The highest BCUT2D eigenvalue weighted by Gasteiger charge is 2.20. The molecule has 0 spiro atoms. The van der Waals surface area contributed by atoms with Crippen molar-refractivity contribution in [2.75, 3.05) is 39.5 Å². The molecule has 0 saturated carbocycles. The molecule has 0 unspecified atom stereocenters. The van der Waals surface area contributed by atoms with Crippen molar-refractivity contribution < 1.29 is 19.1 Å². The van der Waals surface area contributed by atoms with Crippen molar-refractivity contribution in [1.82, 2.24) is 5.32 Å². The van der Waals surface area contributed by atoms with Crippen LogP contribution in [0.5, 0.6) is 0 Å². The van der Waals surface area contributed by atoms with Crippen molar-refractivity contribution in [2.45, 2.75) is 20.8 Å². The molecule has 0 atom stereocenters. The Morgan fingerprint density at radius 3 is 2.33 bits per heavy atom. The number of nitrogens with two attached hydrogens (primary N) is 1. The number of esters is 1. The standard InChI is InChI=1S/C12H24N2O4/c1-12(2,3)10(15)8-14-9-11(16)18-7-6-17-5-4-13/h14H,4-9,13H2,1-3H3. The number of rotatable bonds is 9. The van der Waals surface area contributed by atoms with E-state index < -0.39 is 11.4 Å². The lowest BCUT2D eigenvalue weighted by molar-refractivity contribution is -0.144. The summed E-state index contributed by atoms with van der Waals surface area (Å²) in [6.45, 7) is 7.15. The van der Waals surface area contributed by atoms with Crippen molar-refractivity contribution in [3.8, 4) is 0 Å². The van der Waals surface area contributed by atoms with E-state index in [0.29, 0.717) is 19.8 Å². The van der Waals surface area contributed by atoms with E-state index in [2.05, 4.69) is 5.32 Å². The Kier molecular flexibility index (Phi) is 8.53. The van der Waals surface area contributed by atoms with Crippen LogP contribution in [-0.4, -0.2) is 51.2 Å². The smallest absolute Gasteiger partial charge is 0.320 e. The van der Waals surface area contributed by atoms with Crippen molar-refractivity contribution >= 4 is 11.8 Å². The van der Waals surface area contributed by atoms with Crippen LogP contribution in [0.3, 0.4) is 0 Å². The van der Waals surface area contributed by atoms with Gasteiger partial charge in [-0.05, 0) is 0 Å². The first-order valence-electron chi connectivity index (χ1n) is 6.05. The summed E-state index contributed by atoms with van der Waals surface area (Å²) in [6.07, 6.45) is 0. The lowest BCUT2D eigenvalue weighted by atomic mass is 9.91. The number of ether oxygens (including phenoxy) is 2. The number of ketones is 1. The van der Waals surface area contributed by atoms with Crippen LogP contribution in [0.1, 0.15) is 20.8 Å². The quantitative estimate of drug-likeness (QED) is 0.437. The zero-order chi connectivity index (χ0) is 14.0. The van der Waals surface area contributed by atoms with E-state index >= 15 is 0 Å². The minimum atomic E-state index is -0.396. The summed E-state index contributed by atoms with van der Waals surface area (Å²) in [5.41, 5.74) is 4.83. The first-order valence-corrected chi connectivity index (χ1v) is 6.05. The minimum absolute atomic E-state index is 0.0265. The van der Waals surface area contributed by atoms with Gasteiger partial charge < -0.3 is 20.5 Å². The Labute approximate surface area is 108 Å². The van der Waals surface area contributed by atoms with Gasteiger partial charge in [-0.3, -0.25) is 9.59 Å². The fraction of sp³-hybridized carbons (Fsp3) is 0.833. The van der Waals surface area contributed by atoms with Gasteiger partial charge in [0.2, 0.25) is 0 Å². The SMILES string of the molecule is CC(C)(C)C(=O)CNCC(=O)OCCOCCN. The summed E-state index contributed by atoms with van der Waals surface area (Å²) in [4.78, 5) is 22.8. The van der Waals surface area contributed by atoms with E-state index in [4.69, 9.17) is 15.2 Å². The molecule has 6 heteroatoms. The number of carbonyl (C=O) groups is 2. The summed E-state index contributed by atoms with van der Waals surface area (Å²) >= 11 is 0. The highest BCUT2D eigenvalue weighted by Crippen LogP contribution is 2.13. The first-order chi connectivity index (χ1) is 8.38. The van der Waals surface area contributed by atoms with Crippen LogP contribution in [-0.2, 0) is 19.1 Å². The summed E-state index contributed by atoms with van der Waals surface area (Å²) in [6, 6.07) is 0. The van der Waals surface area contributed by atoms with E-state index in [9.17, 15) is 9.59 Å². The summed E-state index contributed by atoms with van der Waals surface area (Å²) in [5.74, 6) is -0.338. The first kappa shape index (κ1) is 17.0. The molecular weight excluding hydrogens is 236 g/mol. The Bertz CT molecular complexity index is 261. The van der Waals surface area contributed by atoms with Crippen LogP contribution in [0.2, 0.25) is 0 Å². The number of nitrogens with one attached hydrogen (secondary N) is 1. The Hall–Kier alpha value is -0.980. The molecule has 0 bridgehead atoms. The van der Waals surface area contributed by atoms with Crippen LogP contribution in [0, 0.1) is 5.41 Å². The van der Waals surface area contributed by atoms with Crippen LogP contribution in [0.25, 0.3) is 0 Å².